The summed E-state index contributed by atoms with van der Waals surface area (Å²) >= 11 is 0. The second-order valence-corrected chi connectivity index (χ2v) is 6.79. The Bertz CT molecular complexity index is 612. The highest BCUT2D eigenvalue weighted by Crippen LogP contribution is 2.08. The van der Waals surface area contributed by atoms with Crippen LogP contribution in [0.4, 0.5) is 0 Å². The molecule has 0 spiro atoms. The third kappa shape index (κ3) is 9.59. The van der Waals surface area contributed by atoms with Gasteiger partial charge in [-0.15, -0.1) is 0 Å². The van der Waals surface area contributed by atoms with Gasteiger partial charge in [-0.3, -0.25) is 9.59 Å². The molecular formula is C23H30N2O2. The summed E-state index contributed by atoms with van der Waals surface area (Å²) in [5.74, 6) is 0.221. The van der Waals surface area contributed by atoms with Crippen molar-refractivity contribution >= 4 is 11.8 Å². The van der Waals surface area contributed by atoms with Gasteiger partial charge in [0.15, 0.2) is 0 Å². The van der Waals surface area contributed by atoms with Crippen molar-refractivity contribution < 1.29 is 9.59 Å². The van der Waals surface area contributed by atoms with Gasteiger partial charge in [-0.25, -0.2) is 0 Å². The standard InChI is InChI=1S/C23H30N2O2/c26-22(24-18-20-12-6-4-7-13-20)16-10-2-1-3-11-17-23(27)25-19-21-14-8-5-9-15-21/h4-9,12-15H,1-3,10-11,16-19H2,(H,24,26)(H,25,27). The predicted molar refractivity (Wildman–Crippen MR) is 109 cm³/mol. The van der Waals surface area contributed by atoms with Gasteiger partial charge in [0.2, 0.25) is 11.8 Å². The van der Waals surface area contributed by atoms with E-state index in [2.05, 4.69) is 10.6 Å². The summed E-state index contributed by atoms with van der Waals surface area (Å²) < 4.78 is 0. The molecule has 0 aliphatic carbocycles. The van der Waals surface area contributed by atoms with Crippen molar-refractivity contribution in [2.45, 2.75) is 58.0 Å². The van der Waals surface area contributed by atoms with Crippen LogP contribution in [0.1, 0.15) is 56.1 Å². The monoisotopic (exact) mass is 366 g/mol. The first-order valence-electron chi connectivity index (χ1n) is 9.85. The highest BCUT2D eigenvalue weighted by atomic mass is 16.2. The van der Waals surface area contributed by atoms with Crippen molar-refractivity contribution in [2.75, 3.05) is 0 Å². The van der Waals surface area contributed by atoms with E-state index in [1.54, 1.807) is 0 Å². The van der Waals surface area contributed by atoms with Gasteiger partial charge in [-0.1, -0.05) is 79.9 Å². The fourth-order valence-corrected chi connectivity index (χ4v) is 2.87. The summed E-state index contributed by atoms with van der Waals surface area (Å²) in [7, 11) is 0. The highest BCUT2D eigenvalue weighted by Gasteiger charge is 2.03. The lowest BCUT2D eigenvalue weighted by Crippen LogP contribution is -2.22. The molecule has 0 bridgehead atoms. The van der Waals surface area contributed by atoms with Crippen molar-refractivity contribution in [1.82, 2.24) is 10.6 Å². The average Bonchev–Trinajstić information content (AvgIpc) is 2.71. The van der Waals surface area contributed by atoms with Gasteiger partial charge >= 0.3 is 0 Å². The second kappa shape index (κ2) is 12.7. The van der Waals surface area contributed by atoms with E-state index in [-0.39, 0.29) is 11.8 Å². The smallest absolute Gasteiger partial charge is 0.220 e. The Morgan fingerprint density at radius 2 is 0.926 bits per heavy atom. The molecule has 0 fully saturated rings. The zero-order valence-electron chi connectivity index (χ0n) is 16.0. The molecule has 0 atom stereocenters. The summed E-state index contributed by atoms with van der Waals surface area (Å²) in [5.41, 5.74) is 2.24. The molecule has 0 heterocycles. The lowest BCUT2D eigenvalue weighted by atomic mass is 10.1. The van der Waals surface area contributed by atoms with Crippen LogP contribution in [0, 0.1) is 0 Å². The van der Waals surface area contributed by atoms with Crippen LogP contribution < -0.4 is 10.6 Å². The fraction of sp³-hybridized carbons (Fsp3) is 0.391. The summed E-state index contributed by atoms with van der Waals surface area (Å²) in [4.78, 5) is 23.6. The summed E-state index contributed by atoms with van der Waals surface area (Å²) in [6.45, 7) is 1.19. The van der Waals surface area contributed by atoms with E-state index in [1.165, 1.54) is 0 Å². The van der Waals surface area contributed by atoms with Crippen molar-refractivity contribution in [3.8, 4) is 0 Å². The molecule has 2 rings (SSSR count). The first-order valence-corrected chi connectivity index (χ1v) is 9.85. The molecule has 2 N–H and O–H groups in total. The molecule has 0 radical (unpaired) electrons. The molecule has 2 amide bonds. The van der Waals surface area contributed by atoms with Crippen molar-refractivity contribution in [3.05, 3.63) is 71.8 Å². The minimum absolute atomic E-state index is 0.110. The zero-order valence-corrected chi connectivity index (χ0v) is 16.0. The molecule has 27 heavy (non-hydrogen) atoms. The van der Waals surface area contributed by atoms with Gasteiger partial charge in [0, 0.05) is 25.9 Å². The van der Waals surface area contributed by atoms with E-state index >= 15 is 0 Å². The van der Waals surface area contributed by atoms with Gasteiger partial charge < -0.3 is 10.6 Å². The fourth-order valence-electron chi connectivity index (χ4n) is 2.87. The molecule has 0 unspecified atom stereocenters. The average molecular weight is 367 g/mol. The van der Waals surface area contributed by atoms with Crippen LogP contribution in [0.2, 0.25) is 0 Å². The Morgan fingerprint density at radius 3 is 1.33 bits per heavy atom. The van der Waals surface area contributed by atoms with Gasteiger partial charge in [-0.05, 0) is 24.0 Å². The Morgan fingerprint density at radius 1 is 0.556 bits per heavy atom. The lowest BCUT2D eigenvalue weighted by molar-refractivity contribution is -0.122. The van der Waals surface area contributed by atoms with Crippen molar-refractivity contribution in [2.24, 2.45) is 0 Å². The third-order valence-electron chi connectivity index (χ3n) is 4.47. The van der Waals surface area contributed by atoms with E-state index in [9.17, 15) is 9.59 Å². The van der Waals surface area contributed by atoms with E-state index in [4.69, 9.17) is 0 Å². The molecule has 0 saturated carbocycles. The predicted octanol–water partition coefficient (Wildman–Crippen LogP) is 4.35. The maximum Gasteiger partial charge on any atom is 0.220 e. The van der Waals surface area contributed by atoms with Crippen LogP contribution in [-0.2, 0) is 22.7 Å². The summed E-state index contributed by atoms with van der Waals surface area (Å²) in [6, 6.07) is 19.9. The van der Waals surface area contributed by atoms with Crippen molar-refractivity contribution in [3.63, 3.8) is 0 Å². The number of amides is 2. The number of unbranched alkanes of at least 4 members (excludes halogenated alkanes) is 4. The van der Waals surface area contributed by atoms with Crippen LogP contribution in [0.3, 0.4) is 0 Å². The third-order valence-corrected chi connectivity index (χ3v) is 4.47. The second-order valence-electron chi connectivity index (χ2n) is 6.79. The highest BCUT2D eigenvalue weighted by molar-refractivity contribution is 5.76. The Kier molecular flexibility index (Phi) is 9.72. The Hall–Kier alpha value is -2.62. The molecule has 0 aliphatic rings. The summed E-state index contributed by atoms with van der Waals surface area (Å²) in [5, 5.41) is 5.90. The molecule has 4 heteroatoms. The molecule has 0 aromatic heterocycles. The topological polar surface area (TPSA) is 58.2 Å². The minimum Gasteiger partial charge on any atom is -0.352 e. The minimum atomic E-state index is 0.110. The zero-order chi connectivity index (χ0) is 19.2. The maximum absolute atomic E-state index is 11.8. The number of carbonyl (C=O) groups is 2. The molecular weight excluding hydrogens is 336 g/mol. The number of nitrogens with one attached hydrogen (secondary N) is 2. The molecule has 2 aromatic carbocycles. The summed E-state index contributed by atoms with van der Waals surface area (Å²) in [6.07, 6.45) is 6.09. The Balaban J connectivity index is 1.41. The van der Waals surface area contributed by atoms with E-state index in [0.29, 0.717) is 25.9 Å². The molecule has 4 nitrogen and oxygen atoms in total. The van der Waals surface area contributed by atoms with Gasteiger partial charge in [0.05, 0.1) is 0 Å². The van der Waals surface area contributed by atoms with E-state index < -0.39 is 0 Å². The largest absolute Gasteiger partial charge is 0.352 e. The van der Waals surface area contributed by atoms with Gasteiger partial charge in [0.1, 0.15) is 0 Å². The number of hydrogen-bond donors (Lipinski definition) is 2. The van der Waals surface area contributed by atoms with E-state index in [1.807, 2.05) is 60.7 Å². The molecule has 0 aliphatic heterocycles. The number of carbonyl (C=O) groups excluding carboxylic acids is 2. The number of rotatable bonds is 12. The Labute approximate surface area is 162 Å². The quantitative estimate of drug-likeness (QED) is 0.549. The van der Waals surface area contributed by atoms with Gasteiger partial charge in [-0.2, -0.15) is 0 Å². The van der Waals surface area contributed by atoms with Crippen molar-refractivity contribution in [1.29, 1.82) is 0 Å². The maximum atomic E-state index is 11.8. The van der Waals surface area contributed by atoms with Crippen LogP contribution >= 0.6 is 0 Å². The van der Waals surface area contributed by atoms with E-state index in [0.717, 1.165) is 43.2 Å². The van der Waals surface area contributed by atoms with Crippen LogP contribution in [0.5, 0.6) is 0 Å². The number of hydrogen-bond acceptors (Lipinski definition) is 2. The SMILES string of the molecule is O=C(CCCCCCCC(=O)NCc1ccccc1)NCc1ccccc1. The number of benzene rings is 2. The molecule has 0 saturated heterocycles. The normalized spacial score (nSPS) is 10.4. The first kappa shape index (κ1) is 20.7. The van der Waals surface area contributed by atoms with Crippen LogP contribution in [0.15, 0.2) is 60.7 Å². The van der Waals surface area contributed by atoms with Gasteiger partial charge in [0.25, 0.3) is 0 Å². The molecule has 144 valence electrons. The van der Waals surface area contributed by atoms with Crippen LogP contribution in [-0.4, -0.2) is 11.8 Å². The first-order chi connectivity index (χ1) is 13.2. The van der Waals surface area contributed by atoms with Crippen LogP contribution in [0.25, 0.3) is 0 Å². The lowest BCUT2D eigenvalue weighted by Gasteiger charge is -2.06. The molecule has 2 aromatic rings.